The predicted molar refractivity (Wildman–Crippen MR) is 68.1 cm³/mol. The first-order valence-electron chi connectivity index (χ1n) is 5.75. The van der Waals surface area contributed by atoms with Gasteiger partial charge in [-0.2, -0.15) is 4.98 Å². The molecule has 19 heavy (non-hydrogen) atoms. The molecule has 0 aliphatic heterocycles. The summed E-state index contributed by atoms with van der Waals surface area (Å²) >= 11 is 0. The van der Waals surface area contributed by atoms with Crippen molar-refractivity contribution in [3.63, 3.8) is 0 Å². The van der Waals surface area contributed by atoms with Crippen LogP contribution in [0.4, 0.5) is 5.95 Å². The van der Waals surface area contributed by atoms with Gasteiger partial charge in [0.15, 0.2) is 5.52 Å². The van der Waals surface area contributed by atoms with Gasteiger partial charge in [-0.15, -0.1) is 0 Å². The van der Waals surface area contributed by atoms with E-state index in [-0.39, 0.29) is 24.7 Å². The van der Waals surface area contributed by atoms with Gasteiger partial charge in [-0.3, -0.25) is 9.36 Å². The molecule has 0 bridgehead atoms. The molecule has 3 rings (SSSR count). The highest BCUT2D eigenvalue weighted by Gasteiger charge is 2.48. The highest BCUT2D eigenvalue weighted by Crippen LogP contribution is 2.51. The van der Waals surface area contributed by atoms with Gasteiger partial charge in [0.1, 0.15) is 12.0 Å². The van der Waals surface area contributed by atoms with Gasteiger partial charge in [-0.05, 0) is 12.0 Å². The van der Waals surface area contributed by atoms with E-state index in [4.69, 9.17) is 5.73 Å². The summed E-state index contributed by atoms with van der Waals surface area (Å²) in [6.45, 7) is -0.218. The first-order valence-corrected chi connectivity index (χ1v) is 5.75. The molecule has 1 saturated carbocycles. The third-order valence-corrected chi connectivity index (χ3v) is 3.45. The fourth-order valence-electron chi connectivity index (χ4n) is 2.09. The monoisotopic (exact) mass is 263 g/mol. The van der Waals surface area contributed by atoms with E-state index in [1.807, 2.05) is 0 Å². The number of fused-ring (bicyclic) bond motifs is 1. The summed E-state index contributed by atoms with van der Waals surface area (Å²) in [4.78, 5) is 21.9. The van der Waals surface area contributed by atoms with Crippen molar-refractivity contribution in [2.45, 2.75) is 6.42 Å². The minimum atomic E-state index is -0.546. The Hall–Kier alpha value is -2.19. The van der Waals surface area contributed by atoms with Crippen molar-refractivity contribution in [1.82, 2.24) is 19.5 Å². The van der Waals surface area contributed by atoms with E-state index in [0.717, 1.165) is 5.57 Å². The maximum absolute atomic E-state index is 11.6. The maximum Gasteiger partial charge on any atom is 0.302 e. The lowest BCUT2D eigenvalue weighted by atomic mass is 10.1. The molecule has 0 aromatic carbocycles. The summed E-state index contributed by atoms with van der Waals surface area (Å²) in [6, 6.07) is 0. The van der Waals surface area contributed by atoms with Crippen LogP contribution < -0.4 is 11.3 Å². The SMILES string of the molecule is Nc1nc(=O)c2ncn(/C=C3/CC3(CO)CO)c2[nH]1. The van der Waals surface area contributed by atoms with Crippen molar-refractivity contribution < 1.29 is 10.2 Å². The van der Waals surface area contributed by atoms with E-state index in [9.17, 15) is 15.0 Å². The van der Waals surface area contributed by atoms with Gasteiger partial charge < -0.3 is 20.9 Å². The van der Waals surface area contributed by atoms with Crippen LogP contribution in [0.25, 0.3) is 17.4 Å². The number of imidazole rings is 1. The number of nitrogen functional groups attached to an aromatic ring is 1. The van der Waals surface area contributed by atoms with Crippen LogP contribution in [-0.2, 0) is 0 Å². The van der Waals surface area contributed by atoms with Gasteiger partial charge in [0.2, 0.25) is 5.95 Å². The molecule has 2 heterocycles. The number of rotatable bonds is 3. The second-order valence-corrected chi connectivity index (χ2v) is 4.70. The van der Waals surface area contributed by atoms with E-state index < -0.39 is 11.0 Å². The Morgan fingerprint density at radius 2 is 2.26 bits per heavy atom. The van der Waals surface area contributed by atoms with Gasteiger partial charge in [0.05, 0.1) is 13.2 Å². The molecule has 2 aromatic rings. The number of nitrogens with one attached hydrogen (secondary N) is 1. The summed E-state index contributed by atoms with van der Waals surface area (Å²) in [5, 5.41) is 18.5. The Morgan fingerprint density at radius 3 is 2.89 bits per heavy atom. The number of nitrogens with zero attached hydrogens (tertiary/aromatic N) is 3. The van der Waals surface area contributed by atoms with Gasteiger partial charge in [0, 0.05) is 11.6 Å². The van der Waals surface area contributed by atoms with Crippen LogP contribution in [0, 0.1) is 5.41 Å². The van der Waals surface area contributed by atoms with Crippen molar-refractivity contribution in [2.75, 3.05) is 18.9 Å². The van der Waals surface area contributed by atoms with E-state index in [0.29, 0.717) is 12.1 Å². The molecule has 100 valence electrons. The Labute approximate surface area is 107 Å². The van der Waals surface area contributed by atoms with Crippen LogP contribution in [0.3, 0.4) is 0 Å². The highest BCUT2D eigenvalue weighted by atomic mass is 16.3. The molecule has 0 atom stereocenters. The zero-order valence-electron chi connectivity index (χ0n) is 10.00. The van der Waals surface area contributed by atoms with Crippen LogP contribution in [0.1, 0.15) is 6.42 Å². The van der Waals surface area contributed by atoms with Gasteiger partial charge in [0.25, 0.3) is 0 Å². The molecule has 1 aliphatic carbocycles. The third-order valence-electron chi connectivity index (χ3n) is 3.45. The topological polar surface area (TPSA) is 130 Å². The van der Waals surface area contributed by atoms with E-state index in [1.165, 1.54) is 6.33 Å². The minimum absolute atomic E-state index is 0.0176. The molecule has 0 amide bonds. The Balaban J connectivity index is 2.09. The molecular formula is C11H13N5O3. The Morgan fingerprint density at radius 1 is 1.53 bits per heavy atom. The lowest BCUT2D eigenvalue weighted by Gasteiger charge is -2.05. The standard InChI is InChI=1S/C11H13N5O3/c12-10-14-8-7(9(19)15-10)13-5-16(8)2-6-1-11(6,3-17)4-18/h2,5,17-18H,1,3-4H2,(H3,12,14,15,19)/b6-2-. The molecule has 5 N–H and O–H groups in total. The van der Waals surface area contributed by atoms with E-state index >= 15 is 0 Å². The molecule has 1 aliphatic rings. The number of hydrogen-bond acceptors (Lipinski definition) is 6. The number of anilines is 1. The third kappa shape index (κ3) is 1.72. The molecule has 0 unspecified atom stereocenters. The average molecular weight is 263 g/mol. The minimum Gasteiger partial charge on any atom is -0.395 e. The molecule has 0 spiro atoms. The fourth-order valence-corrected chi connectivity index (χ4v) is 2.09. The first kappa shape index (κ1) is 11.9. The zero-order valence-corrected chi connectivity index (χ0v) is 10.00. The first-order chi connectivity index (χ1) is 9.09. The van der Waals surface area contributed by atoms with Crippen molar-refractivity contribution in [1.29, 1.82) is 0 Å². The fraction of sp³-hybridized carbons (Fsp3) is 0.364. The number of aromatic nitrogens is 4. The quantitative estimate of drug-likeness (QED) is 0.557. The lowest BCUT2D eigenvalue weighted by molar-refractivity contribution is 0.143. The number of hydrogen-bond donors (Lipinski definition) is 4. The van der Waals surface area contributed by atoms with Crippen molar-refractivity contribution >= 4 is 23.3 Å². The van der Waals surface area contributed by atoms with Crippen LogP contribution in [0.15, 0.2) is 16.7 Å². The van der Waals surface area contributed by atoms with Gasteiger partial charge in [-0.25, -0.2) is 4.98 Å². The zero-order chi connectivity index (χ0) is 13.6. The van der Waals surface area contributed by atoms with Gasteiger partial charge in [-0.1, -0.05) is 0 Å². The lowest BCUT2D eigenvalue weighted by Crippen LogP contribution is -2.12. The summed E-state index contributed by atoms with van der Waals surface area (Å²) in [5.41, 5.74) is 6.00. The number of nitrogens with two attached hydrogens (primary N) is 1. The highest BCUT2D eigenvalue weighted by molar-refractivity contribution is 5.73. The smallest absolute Gasteiger partial charge is 0.302 e. The summed E-state index contributed by atoms with van der Waals surface area (Å²) in [6.07, 6.45) is 3.82. The molecule has 8 nitrogen and oxygen atoms in total. The van der Waals surface area contributed by atoms with Crippen molar-refractivity contribution in [3.8, 4) is 0 Å². The van der Waals surface area contributed by atoms with Crippen LogP contribution in [0.5, 0.6) is 0 Å². The molecule has 8 heteroatoms. The number of H-pyrrole nitrogens is 1. The van der Waals surface area contributed by atoms with E-state index in [2.05, 4.69) is 15.0 Å². The number of aromatic amines is 1. The average Bonchev–Trinajstić information content (AvgIpc) is 2.94. The Bertz CT molecular complexity index is 725. The Kier molecular flexibility index (Phi) is 2.44. The molecule has 2 aromatic heterocycles. The second kappa shape index (κ2) is 3.90. The predicted octanol–water partition coefficient (Wildman–Crippen LogP) is -1.08. The summed E-state index contributed by atoms with van der Waals surface area (Å²) < 4.78 is 1.61. The molecule has 0 radical (unpaired) electrons. The summed E-state index contributed by atoms with van der Waals surface area (Å²) in [7, 11) is 0. The van der Waals surface area contributed by atoms with Crippen LogP contribution in [0.2, 0.25) is 0 Å². The largest absolute Gasteiger partial charge is 0.395 e. The maximum atomic E-state index is 11.6. The van der Waals surface area contributed by atoms with E-state index in [1.54, 1.807) is 10.8 Å². The number of aliphatic hydroxyl groups is 2. The number of aliphatic hydroxyl groups excluding tert-OH is 2. The van der Waals surface area contributed by atoms with Crippen molar-refractivity contribution in [3.05, 3.63) is 22.3 Å². The van der Waals surface area contributed by atoms with Crippen molar-refractivity contribution in [2.24, 2.45) is 5.41 Å². The van der Waals surface area contributed by atoms with Crippen LogP contribution >= 0.6 is 0 Å². The second-order valence-electron chi connectivity index (χ2n) is 4.70. The molecule has 0 saturated heterocycles. The van der Waals surface area contributed by atoms with Gasteiger partial charge >= 0.3 is 5.56 Å². The molecular weight excluding hydrogens is 250 g/mol. The van der Waals surface area contributed by atoms with Crippen LogP contribution in [-0.4, -0.2) is 42.9 Å². The molecule has 1 fully saturated rings. The normalized spacial score (nSPS) is 19.2. The summed E-state index contributed by atoms with van der Waals surface area (Å²) in [5.74, 6) is 0.0176.